The van der Waals surface area contributed by atoms with Gasteiger partial charge in [-0.15, -0.1) is 0 Å². The van der Waals surface area contributed by atoms with Crippen molar-refractivity contribution in [2.75, 3.05) is 7.11 Å². The third-order valence-electron chi connectivity index (χ3n) is 2.95. The lowest BCUT2D eigenvalue weighted by Crippen LogP contribution is -2.44. The van der Waals surface area contributed by atoms with Crippen molar-refractivity contribution >= 4 is 23.3 Å². The molecular formula is C13H14N2O3S. The van der Waals surface area contributed by atoms with Gasteiger partial charge in [0.25, 0.3) is 0 Å². The molecule has 0 saturated carbocycles. The molecule has 0 spiro atoms. The lowest BCUT2D eigenvalue weighted by atomic mass is 9.96. The fraction of sp³-hybridized carbons (Fsp3) is 0.231. The number of hydrogen-bond donors (Lipinski definition) is 3. The number of nitrogens with one attached hydrogen (secondary N) is 2. The van der Waals surface area contributed by atoms with E-state index in [-0.39, 0.29) is 5.57 Å². The third kappa shape index (κ3) is 2.68. The Hall–Kier alpha value is -2.08. The van der Waals surface area contributed by atoms with Crippen LogP contribution < -0.4 is 15.4 Å². The number of carboxylic acid groups (broad SMARTS) is 1. The number of carboxylic acids is 1. The quantitative estimate of drug-likeness (QED) is 0.729. The fourth-order valence-corrected chi connectivity index (χ4v) is 2.29. The average molecular weight is 278 g/mol. The first kappa shape index (κ1) is 13.4. The Bertz CT molecular complexity index is 552. The Morgan fingerprint density at radius 1 is 1.37 bits per heavy atom. The Morgan fingerprint density at radius 2 is 2.00 bits per heavy atom. The zero-order valence-electron chi connectivity index (χ0n) is 10.6. The summed E-state index contributed by atoms with van der Waals surface area (Å²) >= 11 is 5.07. The van der Waals surface area contributed by atoms with E-state index in [0.29, 0.717) is 10.8 Å². The largest absolute Gasteiger partial charge is 0.497 e. The number of rotatable bonds is 3. The first-order valence-corrected chi connectivity index (χ1v) is 6.09. The van der Waals surface area contributed by atoms with Crippen molar-refractivity contribution in [2.45, 2.75) is 13.0 Å². The molecule has 0 fully saturated rings. The molecule has 0 bridgehead atoms. The van der Waals surface area contributed by atoms with E-state index in [2.05, 4.69) is 10.6 Å². The van der Waals surface area contributed by atoms with E-state index in [9.17, 15) is 9.90 Å². The van der Waals surface area contributed by atoms with E-state index in [1.165, 1.54) is 0 Å². The van der Waals surface area contributed by atoms with Crippen LogP contribution in [0.4, 0.5) is 0 Å². The minimum absolute atomic E-state index is 0.263. The van der Waals surface area contributed by atoms with Gasteiger partial charge in [-0.2, -0.15) is 0 Å². The van der Waals surface area contributed by atoms with Crippen LogP contribution in [0.5, 0.6) is 5.75 Å². The number of aliphatic carboxylic acids is 1. The summed E-state index contributed by atoms with van der Waals surface area (Å²) in [6, 6.07) is 6.76. The highest BCUT2D eigenvalue weighted by Crippen LogP contribution is 2.27. The minimum atomic E-state index is -0.971. The molecule has 0 aliphatic carbocycles. The third-order valence-corrected chi connectivity index (χ3v) is 3.17. The zero-order valence-corrected chi connectivity index (χ0v) is 11.4. The minimum Gasteiger partial charge on any atom is -0.497 e. The molecule has 0 amide bonds. The summed E-state index contributed by atoms with van der Waals surface area (Å²) in [5.41, 5.74) is 1.64. The first-order chi connectivity index (χ1) is 9.02. The lowest BCUT2D eigenvalue weighted by Gasteiger charge is -2.28. The Kier molecular flexibility index (Phi) is 3.71. The van der Waals surface area contributed by atoms with Gasteiger partial charge in [0.1, 0.15) is 5.75 Å². The van der Waals surface area contributed by atoms with Crippen molar-refractivity contribution in [3.8, 4) is 5.75 Å². The first-order valence-electron chi connectivity index (χ1n) is 5.68. The molecule has 2 rings (SSSR count). The van der Waals surface area contributed by atoms with Crippen LogP contribution >= 0.6 is 12.2 Å². The second-order valence-electron chi connectivity index (χ2n) is 4.15. The number of methoxy groups -OCH3 is 1. The summed E-state index contributed by atoms with van der Waals surface area (Å²) in [6.07, 6.45) is 0. The smallest absolute Gasteiger partial charge is 0.335 e. The standard InChI is InChI=1S/C13H14N2O3S/c1-7-10(12(16)17)11(15-13(19)14-7)8-3-5-9(18-2)6-4-8/h3-6,11H,1-2H3,(H,16,17)(H2,14,15,19). The fourth-order valence-electron chi connectivity index (χ4n) is 2.02. The van der Waals surface area contributed by atoms with Gasteiger partial charge in [0.15, 0.2) is 5.11 Å². The van der Waals surface area contributed by atoms with Crippen LogP contribution in [0.25, 0.3) is 0 Å². The van der Waals surface area contributed by atoms with E-state index in [4.69, 9.17) is 17.0 Å². The summed E-state index contributed by atoms with van der Waals surface area (Å²) in [7, 11) is 1.58. The molecule has 1 aliphatic rings. The van der Waals surface area contributed by atoms with Gasteiger partial charge in [0, 0.05) is 5.70 Å². The van der Waals surface area contributed by atoms with Gasteiger partial charge in [-0.05, 0) is 36.8 Å². The van der Waals surface area contributed by atoms with Gasteiger partial charge in [0.05, 0.1) is 18.7 Å². The molecule has 0 saturated heterocycles. The van der Waals surface area contributed by atoms with E-state index >= 15 is 0 Å². The number of hydrogen-bond acceptors (Lipinski definition) is 3. The maximum atomic E-state index is 11.4. The van der Waals surface area contributed by atoms with Gasteiger partial charge >= 0.3 is 5.97 Å². The molecule has 0 aromatic heterocycles. The molecule has 6 heteroatoms. The summed E-state index contributed by atoms with van der Waals surface area (Å²) in [6.45, 7) is 1.70. The van der Waals surface area contributed by atoms with Gasteiger partial charge in [-0.3, -0.25) is 0 Å². The Balaban J connectivity index is 2.42. The van der Waals surface area contributed by atoms with Gasteiger partial charge in [-0.1, -0.05) is 12.1 Å². The monoisotopic (exact) mass is 278 g/mol. The van der Waals surface area contributed by atoms with Crippen LogP contribution in [-0.2, 0) is 4.79 Å². The molecule has 3 N–H and O–H groups in total. The molecule has 100 valence electrons. The molecule has 1 aromatic rings. The predicted octanol–water partition coefficient (Wildman–Crippen LogP) is 1.57. The van der Waals surface area contributed by atoms with E-state index < -0.39 is 12.0 Å². The number of carbonyl (C=O) groups is 1. The van der Waals surface area contributed by atoms with E-state index in [1.54, 1.807) is 26.2 Å². The van der Waals surface area contributed by atoms with Crippen molar-refractivity contribution in [2.24, 2.45) is 0 Å². The maximum absolute atomic E-state index is 11.4. The van der Waals surface area contributed by atoms with Crippen LogP contribution in [0.2, 0.25) is 0 Å². The molecule has 1 atom stereocenters. The summed E-state index contributed by atoms with van der Waals surface area (Å²) in [5.74, 6) is -0.251. The highest BCUT2D eigenvalue weighted by atomic mass is 32.1. The molecule has 1 aromatic carbocycles. The number of allylic oxidation sites excluding steroid dienone is 1. The van der Waals surface area contributed by atoms with Crippen molar-refractivity contribution < 1.29 is 14.6 Å². The van der Waals surface area contributed by atoms with Crippen LogP contribution in [0.15, 0.2) is 35.5 Å². The predicted molar refractivity (Wildman–Crippen MR) is 74.9 cm³/mol. The van der Waals surface area contributed by atoms with Crippen molar-refractivity contribution in [1.29, 1.82) is 0 Å². The van der Waals surface area contributed by atoms with E-state index in [0.717, 1.165) is 11.3 Å². The zero-order chi connectivity index (χ0) is 14.0. The molecule has 1 unspecified atom stereocenters. The van der Waals surface area contributed by atoms with Crippen LogP contribution in [0.3, 0.4) is 0 Å². The number of thiocarbonyl (C=S) groups is 1. The molecule has 19 heavy (non-hydrogen) atoms. The summed E-state index contributed by atoms with van der Waals surface area (Å²) < 4.78 is 5.09. The summed E-state index contributed by atoms with van der Waals surface area (Å²) in [4.78, 5) is 11.4. The molecule has 0 radical (unpaired) electrons. The normalized spacial score (nSPS) is 18.6. The van der Waals surface area contributed by atoms with Crippen molar-refractivity contribution in [3.05, 3.63) is 41.1 Å². The number of benzene rings is 1. The molecular weight excluding hydrogens is 264 g/mol. The van der Waals surface area contributed by atoms with Crippen LogP contribution in [0.1, 0.15) is 18.5 Å². The maximum Gasteiger partial charge on any atom is 0.335 e. The number of ether oxygens (including phenoxy) is 1. The Morgan fingerprint density at radius 3 is 2.53 bits per heavy atom. The summed E-state index contributed by atoms with van der Waals surface area (Å²) in [5, 5.41) is 15.5. The van der Waals surface area contributed by atoms with Crippen LogP contribution in [0, 0.1) is 0 Å². The topological polar surface area (TPSA) is 70.6 Å². The SMILES string of the molecule is COc1ccc(C2NC(=S)NC(C)=C2C(=O)O)cc1. The highest BCUT2D eigenvalue weighted by molar-refractivity contribution is 7.80. The highest BCUT2D eigenvalue weighted by Gasteiger charge is 2.29. The molecule has 1 heterocycles. The van der Waals surface area contributed by atoms with Crippen molar-refractivity contribution in [1.82, 2.24) is 10.6 Å². The van der Waals surface area contributed by atoms with Gasteiger partial charge < -0.3 is 20.5 Å². The Labute approximate surface area is 116 Å². The van der Waals surface area contributed by atoms with Gasteiger partial charge in [-0.25, -0.2) is 4.79 Å². The molecule has 5 nitrogen and oxygen atoms in total. The van der Waals surface area contributed by atoms with Crippen molar-refractivity contribution in [3.63, 3.8) is 0 Å². The lowest BCUT2D eigenvalue weighted by molar-refractivity contribution is -0.133. The van der Waals surface area contributed by atoms with Crippen LogP contribution in [-0.4, -0.2) is 23.3 Å². The second-order valence-corrected chi connectivity index (χ2v) is 4.56. The second kappa shape index (κ2) is 5.27. The molecule has 1 aliphatic heterocycles. The van der Waals surface area contributed by atoms with Gasteiger partial charge in [0.2, 0.25) is 0 Å². The van der Waals surface area contributed by atoms with E-state index in [1.807, 2.05) is 12.1 Å². The average Bonchev–Trinajstić information content (AvgIpc) is 2.37.